The Morgan fingerprint density at radius 1 is 1.04 bits per heavy atom. The highest BCUT2D eigenvalue weighted by molar-refractivity contribution is 6.30. The molecule has 0 atom stereocenters. The van der Waals surface area contributed by atoms with Crippen LogP contribution in [-0.4, -0.2) is 30.7 Å². The van der Waals surface area contributed by atoms with Gasteiger partial charge in [0.2, 0.25) is 11.8 Å². The third kappa shape index (κ3) is 5.70. The molecule has 0 radical (unpaired) electrons. The van der Waals surface area contributed by atoms with Crippen molar-refractivity contribution in [3.05, 3.63) is 64.7 Å². The monoisotopic (exact) mass is 372 g/mol. The minimum atomic E-state index is -0.252. The molecule has 26 heavy (non-hydrogen) atoms. The molecule has 0 bridgehead atoms. The van der Waals surface area contributed by atoms with Gasteiger partial charge < -0.3 is 10.2 Å². The van der Waals surface area contributed by atoms with Crippen LogP contribution in [0.15, 0.2) is 48.5 Å². The van der Waals surface area contributed by atoms with Gasteiger partial charge in [0, 0.05) is 29.7 Å². The van der Waals surface area contributed by atoms with Gasteiger partial charge in [-0.2, -0.15) is 0 Å². The highest BCUT2D eigenvalue weighted by Gasteiger charge is 2.16. The zero-order valence-corrected chi connectivity index (χ0v) is 15.5. The van der Waals surface area contributed by atoms with Crippen molar-refractivity contribution in [2.75, 3.05) is 18.0 Å². The lowest BCUT2D eigenvalue weighted by molar-refractivity contribution is -0.123. The fourth-order valence-corrected chi connectivity index (χ4v) is 2.71. The maximum absolute atomic E-state index is 12.2. The first-order chi connectivity index (χ1) is 12.4. The molecule has 2 aromatic rings. The Morgan fingerprint density at radius 2 is 1.73 bits per heavy atom. The molecule has 2 rings (SSSR count). The minimum absolute atomic E-state index is 0.0512. The number of benzene rings is 2. The summed E-state index contributed by atoms with van der Waals surface area (Å²) in [6.45, 7) is 3.25. The molecule has 2 aromatic carbocycles. The second-order valence-corrected chi connectivity index (χ2v) is 6.37. The molecule has 0 aliphatic rings. The predicted molar refractivity (Wildman–Crippen MR) is 103 cm³/mol. The molecule has 0 heterocycles. The van der Waals surface area contributed by atoms with E-state index < -0.39 is 0 Å². The molecular weight excluding hydrogens is 352 g/mol. The number of carbonyl (C=O) groups excluding carboxylic acids is 3. The highest BCUT2D eigenvalue weighted by atomic mass is 35.5. The Balaban J connectivity index is 1.93. The van der Waals surface area contributed by atoms with Gasteiger partial charge in [-0.05, 0) is 55.3 Å². The largest absolute Gasteiger partial charge is 0.354 e. The molecule has 2 amide bonds. The van der Waals surface area contributed by atoms with Crippen molar-refractivity contribution < 1.29 is 14.4 Å². The number of halogens is 1. The Hall–Kier alpha value is -2.66. The van der Waals surface area contributed by atoms with E-state index in [0.29, 0.717) is 29.2 Å². The SMILES string of the molecule is CC(=O)c1ccc(N(CC(=O)NCCc2cccc(Cl)c2)C(C)=O)cc1. The molecule has 0 saturated carbocycles. The normalized spacial score (nSPS) is 10.3. The fourth-order valence-electron chi connectivity index (χ4n) is 2.50. The average molecular weight is 373 g/mol. The molecule has 1 N–H and O–H groups in total. The first-order valence-electron chi connectivity index (χ1n) is 8.27. The quantitative estimate of drug-likeness (QED) is 0.758. The van der Waals surface area contributed by atoms with Crippen molar-refractivity contribution in [3.8, 4) is 0 Å². The highest BCUT2D eigenvalue weighted by Crippen LogP contribution is 2.16. The molecule has 0 saturated heterocycles. The summed E-state index contributed by atoms with van der Waals surface area (Å²) in [4.78, 5) is 36.8. The second-order valence-electron chi connectivity index (χ2n) is 5.94. The van der Waals surface area contributed by atoms with Gasteiger partial charge in [-0.15, -0.1) is 0 Å². The molecule has 5 nitrogen and oxygen atoms in total. The van der Waals surface area contributed by atoms with Gasteiger partial charge in [0.1, 0.15) is 6.54 Å². The van der Waals surface area contributed by atoms with Crippen LogP contribution >= 0.6 is 11.6 Å². The van der Waals surface area contributed by atoms with Gasteiger partial charge in [-0.1, -0.05) is 23.7 Å². The van der Waals surface area contributed by atoms with E-state index in [9.17, 15) is 14.4 Å². The molecule has 0 aromatic heterocycles. The number of nitrogens with zero attached hydrogens (tertiary/aromatic N) is 1. The maximum atomic E-state index is 12.2. The van der Waals surface area contributed by atoms with Crippen LogP contribution in [0.4, 0.5) is 5.69 Å². The van der Waals surface area contributed by atoms with Crippen molar-refractivity contribution in [3.63, 3.8) is 0 Å². The molecule has 0 aliphatic heterocycles. The van der Waals surface area contributed by atoms with E-state index >= 15 is 0 Å². The third-order valence-corrected chi connectivity index (χ3v) is 4.13. The molecule has 0 spiro atoms. The molecule has 0 unspecified atom stereocenters. The van der Waals surface area contributed by atoms with Gasteiger partial charge in [0.15, 0.2) is 5.78 Å². The van der Waals surface area contributed by atoms with Crippen LogP contribution in [0.2, 0.25) is 5.02 Å². The number of hydrogen-bond acceptors (Lipinski definition) is 3. The fraction of sp³-hybridized carbons (Fsp3) is 0.250. The summed E-state index contributed by atoms with van der Waals surface area (Å²) in [6, 6.07) is 14.1. The number of anilines is 1. The maximum Gasteiger partial charge on any atom is 0.240 e. The van der Waals surface area contributed by atoms with E-state index in [1.807, 2.05) is 18.2 Å². The van der Waals surface area contributed by atoms with Gasteiger partial charge in [0.25, 0.3) is 0 Å². The van der Waals surface area contributed by atoms with Crippen LogP contribution in [-0.2, 0) is 16.0 Å². The Morgan fingerprint density at radius 3 is 2.31 bits per heavy atom. The summed E-state index contributed by atoms with van der Waals surface area (Å²) in [7, 11) is 0. The molecule has 6 heteroatoms. The zero-order chi connectivity index (χ0) is 19.1. The second kappa shape index (κ2) is 9.15. The van der Waals surface area contributed by atoms with Crippen molar-refractivity contribution in [1.29, 1.82) is 0 Å². The molecule has 0 aliphatic carbocycles. The smallest absolute Gasteiger partial charge is 0.240 e. The van der Waals surface area contributed by atoms with Crippen molar-refractivity contribution in [2.24, 2.45) is 0 Å². The third-order valence-electron chi connectivity index (χ3n) is 3.89. The number of Topliss-reactive ketones (excluding diaryl/α,β-unsaturated/α-hetero) is 1. The Labute approximate surface area is 158 Å². The summed E-state index contributed by atoms with van der Waals surface area (Å²) in [6.07, 6.45) is 0.652. The van der Waals surface area contributed by atoms with E-state index in [2.05, 4.69) is 5.32 Å². The lowest BCUT2D eigenvalue weighted by Gasteiger charge is -2.21. The summed E-state index contributed by atoms with van der Waals surface area (Å²) < 4.78 is 0. The van der Waals surface area contributed by atoms with Crippen LogP contribution in [0.3, 0.4) is 0 Å². The lowest BCUT2D eigenvalue weighted by Crippen LogP contribution is -2.40. The van der Waals surface area contributed by atoms with Crippen LogP contribution in [0.25, 0.3) is 0 Å². The van der Waals surface area contributed by atoms with Crippen molar-refractivity contribution in [1.82, 2.24) is 5.32 Å². The van der Waals surface area contributed by atoms with E-state index in [4.69, 9.17) is 11.6 Å². The first kappa shape index (κ1) is 19.7. The first-order valence-corrected chi connectivity index (χ1v) is 8.65. The zero-order valence-electron chi connectivity index (χ0n) is 14.8. The van der Waals surface area contributed by atoms with E-state index in [-0.39, 0.29) is 24.1 Å². The lowest BCUT2D eigenvalue weighted by atomic mass is 10.1. The van der Waals surface area contributed by atoms with Gasteiger partial charge in [-0.3, -0.25) is 14.4 Å². The molecular formula is C20H21ClN2O3. The van der Waals surface area contributed by atoms with Crippen LogP contribution < -0.4 is 10.2 Å². The number of carbonyl (C=O) groups is 3. The van der Waals surface area contributed by atoms with Crippen LogP contribution in [0.1, 0.15) is 29.8 Å². The number of rotatable bonds is 7. The van der Waals surface area contributed by atoms with Gasteiger partial charge in [0.05, 0.1) is 0 Å². The minimum Gasteiger partial charge on any atom is -0.354 e. The summed E-state index contributed by atoms with van der Waals surface area (Å²) in [5.41, 5.74) is 2.16. The average Bonchev–Trinajstić information content (AvgIpc) is 2.59. The number of nitrogens with one attached hydrogen (secondary N) is 1. The molecule has 0 fully saturated rings. The van der Waals surface area contributed by atoms with Crippen molar-refractivity contribution >= 4 is 34.9 Å². The standard InChI is InChI=1S/C20H21ClN2O3/c1-14(24)17-6-8-19(9-7-17)23(15(2)25)13-20(26)22-11-10-16-4-3-5-18(21)12-16/h3-9,12H,10-11,13H2,1-2H3,(H,22,26). The number of hydrogen-bond donors (Lipinski definition) is 1. The Kier molecular flexibility index (Phi) is 6.92. The van der Waals surface area contributed by atoms with Gasteiger partial charge in [-0.25, -0.2) is 0 Å². The van der Waals surface area contributed by atoms with E-state index in [1.54, 1.807) is 30.3 Å². The van der Waals surface area contributed by atoms with Crippen molar-refractivity contribution in [2.45, 2.75) is 20.3 Å². The van der Waals surface area contributed by atoms with Crippen LogP contribution in [0.5, 0.6) is 0 Å². The van der Waals surface area contributed by atoms with E-state index in [1.165, 1.54) is 18.7 Å². The topological polar surface area (TPSA) is 66.5 Å². The number of ketones is 1. The summed E-state index contributed by atoms with van der Waals surface area (Å²) in [5.74, 6) is -0.548. The van der Waals surface area contributed by atoms with Gasteiger partial charge >= 0.3 is 0 Å². The van der Waals surface area contributed by atoms with Crippen LogP contribution in [0, 0.1) is 0 Å². The summed E-state index contributed by atoms with van der Waals surface area (Å²) >= 11 is 5.94. The Bertz CT molecular complexity index is 803. The van der Waals surface area contributed by atoms with E-state index in [0.717, 1.165) is 5.56 Å². The summed E-state index contributed by atoms with van der Waals surface area (Å²) in [5, 5.41) is 3.46. The molecule has 136 valence electrons. The number of amides is 2. The predicted octanol–water partition coefficient (Wildman–Crippen LogP) is 3.25.